The van der Waals surface area contributed by atoms with Gasteiger partial charge in [-0.15, -0.1) is 0 Å². The van der Waals surface area contributed by atoms with Crippen LogP contribution in [0.2, 0.25) is 0 Å². The van der Waals surface area contributed by atoms with E-state index in [-0.39, 0.29) is 30.5 Å². The van der Waals surface area contributed by atoms with E-state index >= 15 is 0 Å². The summed E-state index contributed by atoms with van der Waals surface area (Å²) in [6.45, 7) is 7.61. The molecule has 0 aromatic carbocycles. The minimum absolute atomic E-state index is 0.00472. The van der Waals surface area contributed by atoms with Crippen LogP contribution in [0.15, 0.2) is 0 Å². The van der Waals surface area contributed by atoms with Gasteiger partial charge in [0.05, 0.1) is 11.5 Å². The molecule has 3 unspecified atom stereocenters. The number of nitrogens with zero attached hydrogens (tertiary/aromatic N) is 2. The van der Waals surface area contributed by atoms with Crippen LogP contribution in [0.5, 0.6) is 0 Å². The number of aliphatic hydroxyl groups excluding tert-OH is 1. The molecule has 0 spiro atoms. The predicted octanol–water partition coefficient (Wildman–Crippen LogP) is 1.24. The summed E-state index contributed by atoms with van der Waals surface area (Å²) in [5.74, 6) is -0.746. The highest BCUT2D eigenvalue weighted by molar-refractivity contribution is 5.80. The summed E-state index contributed by atoms with van der Waals surface area (Å²) < 4.78 is 0. The molecular formula is C15H26N2O4. The van der Waals surface area contributed by atoms with Crippen LogP contribution in [0.1, 0.15) is 33.6 Å². The van der Waals surface area contributed by atoms with Crippen LogP contribution in [0, 0.1) is 17.3 Å². The Kier molecular flexibility index (Phi) is 4.46. The molecule has 0 aromatic rings. The van der Waals surface area contributed by atoms with Crippen LogP contribution >= 0.6 is 0 Å². The number of piperidine rings is 1. The average molecular weight is 298 g/mol. The summed E-state index contributed by atoms with van der Waals surface area (Å²) in [5, 5.41) is 19.3. The fourth-order valence-electron chi connectivity index (χ4n) is 3.40. The molecule has 2 fully saturated rings. The zero-order chi connectivity index (χ0) is 15.8. The number of carbonyl (C=O) groups is 2. The van der Waals surface area contributed by atoms with Crippen molar-refractivity contribution in [3.8, 4) is 0 Å². The number of aliphatic hydroxyl groups is 1. The van der Waals surface area contributed by atoms with Gasteiger partial charge in [0.25, 0.3) is 0 Å². The molecule has 2 N–H and O–H groups in total. The van der Waals surface area contributed by atoms with E-state index in [2.05, 4.69) is 0 Å². The third kappa shape index (κ3) is 2.86. The van der Waals surface area contributed by atoms with Crippen LogP contribution in [-0.2, 0) is 4.79 Å². The fourth-order valence-corrected chi connectivity index (χ4v) is 3.40. The predicted molar refractivity (Wildman–Crippen MR) is 77.9 cm³/mol. The van der Waals surface area contributed by atoms with Gasteiger partial charge in [-0.25, -0.2) is 4.79 Å². The molecule has 2 rings (SSSR count). The van der Waals surface area contributed by atoms with Crippen LogP contribution in [0.25, 0.3) is 0 Å². The molecule has 2 aliphatic heterocycles. The number of hydrogen-bond donors (Lipinski definition) is 2. The lowest BCUT2D eigenvalue weighted by molar-refractivity contribution is -0.150. The van der Waals surface area contributed by atoms with Crippen LogP contribution < -0.4 is 0 Å². The number of likely N-dealkylation sites (tertiary alicyclic amines) is 2. The molecule has 0 radical (unpaired) electrons. The van der Waals surface area contributed by atoms with Gasteiger partial charge in [-0.05, 0) is 24.7 Å². The molecule has 0 saturated carbocycles. The first kappa shape index (κ1) is 16.1. The summed E-state index contributed by atoms with van der Waals surface area (Å²) in [6, 6.07) is -0.0856. The van der Waals surface area contributed by atoms with Crippen molar-refractivity contribution in [1.82, 2.24) is 9.80 Å². The third-order valence-electron chi connectivity index (χ3n) is 5.23. The third-order valence-corrected chi connectivity index (χ3v) is 5.23. The van der Waals surface area contributed by atoms with Crippen molar-refractivity contribution in [3.63, 3.8) is 0 Å². The van der Waals surface area contributed by atoms with Crippen molar-refractivity contribution in [1.29, 1.82) is 0 Å². The minimum atomic E-state index is -0.823. The zero-order valence-corrected chi connectivity index (χ0v) is 13.1. The van der Waals surface area contributed by atoms with E-state index in [1.165, 1.54) is 0 Å². The molecule has 21 heavy (non-hydrogen) atoms. The van der Waals surface area contributed by atoms with Gasteiger partial charge in [0.15, 0.2) is 0 Å². The Balaban J connectivity index is 2.04. The van der Waals surface area contributed by atoms with Gasteiger partial charge in [-0.2, -0.15) is 0 Å². The average Bonchev–Trinajstić information content (AvgIpc) is 2.87. The first-order valence-electron chi connectivity index (χ1n) is 7.73. The molecule has 0 aromatic heterocycles. The maximum atomic E-state index is 12.6. The lowest BCUT2D eigenvalue weighted by Gasteiger charge is -2.37. The summed E-state index contributed by atoms with van der Waals surface area (Å²) in [6.07, 6.45) is 0.758. The maximum Gasteiger partial charge on any atom is 0.320 e. The molecular weight excluding hydrogens is 272 g/mol. The molecule has 0 bridgehead atoms. The largest absolute Gasteiger partial charge is 0.481 e. The molecule has 2 aliphatic rings. The molecule has 6 heteroatoms. The SMILES string of the molecule is CC1CN(C(=O)N2CCC(C(=O)O)(C(C)C)C2)CCC1O. The van der Waals surface area contributed by atoms with Crippen molar-refractivity contribution in [3.05, 3.63) is 0 Å². The van der Waals surface area contributed by atoms with E-state index in [9.17, 15) is 19.8 Å². The van der Waals surface area contributed by atoms with Crippen LogP contribution in [-0.4, -0.2) is 64.3 Å². The van der Waals surface area contributed by atoms with Gasteiger partial charge in [-0.3, -0.25) is 4.79 Å². The van der Waals surface area contributed by atoms with E-state index in [0.717, 1.165) is 0 Å². The number of urea groups is 1. The highest BCUT2D eigenvalue weighted by Gasteiger charge is 2.49. The van der Waals surface area contributed by atoms with Gasteiger partial charge in [-0.1, -0.05) is 20.8 Å². The second-order valence-corrected chi connectivity index (χ2v) is 6.85. The lowest BCUT2D eigenvalue weighted by Crippen LogP contribution is -2.51. The Morgan fingerprint density at radius 2 is 1.90 bits per heavy atom. The van der Waals surface area contributed by atoms with E-state index in [4.69, 9.17) is 0 Å². The molecule has 2 heterocycles. The Bertz CT molecular complexity index is 426. The van der Waals surface area contributed by atoms with E-state index < -0.39 is 11.4 Å². The standard InChI is InChI=1S/C15H26N2O4/c1-10(2)15(13(19)20)5-7-17(9-15)14(21)16-6-4-12(18)11(3)8-16/h10-12,18H,4-9H2,1-3H3,(H,19,20). The van der Waals surface area contributed by atoms with Gasteiger partial charge in [0, 0.05) is 26.2 Å². The van der Waals surface area contributed by atoms with Crippen molar-refractivity contribution < 1.29 is 19.8 Å². The van der Waals surface area contributed by atoms with Crippen molar-refractivity contribution >= 4 is 12.0 Å². The molecule has 0 aliphatic carbocycles. The number of carboxylic acids is 1. The number of aliphatic carboxylic acids is 1. The topological polar surface area (TPSA) is 81.1 Å². The normalized spacial score (nSPS) is 33.6. The number of hydrogen-bond acceptors (Lipinski definition) is 3. The molecule has 6 nitrogen and oxygen atoms in total. The number of rotatable bonds is 2. The van der Waals surface area contributed by atoms with Gasteiger partial charge >= 0.3 is 12.0 Å². The monoisotopic (exact) mass is 298 g/mol. The van der Waals surface area contributed by atoms with E-state index in [0.29, 0.717) is 32.5 Å². The second kappa shape index (κ2) is 5.83. The maximum absolute atomic E-state index is 12.6. The summed E-state index contributed by atoms with van der Waals surface area (Å²) in [7, 11) is 0. The van der Waals surface area contributed by atoms with Crippen molar-refractivity contribution in [2.45, 2.75) is 39.7 Å². The van der Waals surface area contributed by atoms with Crippen molar-refractivity contribution in [2.75, 3.05) is 26.2 Å². The van der Waals surface area contributed by atoms with Crippen LogP contribution in [0.3, 0.4) is 0 Å². The summed E-state index contributed by atoms with van der Waals surface area (Å²) in [5.41, 5.74) is -0.823. The Morgan fingerprint density at radius 1 is 1.24 bits per heavy atom. The van der Waals surface area contributed by atoms with Gasteiger partial charge in [0.2, 0.25) is 0 Å². The van der Waals surface area contributed by atoms with Crippen LogP contribution in [0.4, 0.5) is 4.79 Å². The highest BCUT2D eigenvalue weighted by atomic mass is 16.4. The number of carbonyl (C=O) groups excluding carboxylic acids is 1. The smallest absolute Gasteiger partial charge is 0.320 e. The van der Waals surface area contributed by atoms with E-state index in [1.54, 1.807) is 9.80 Å². The molecule has 3 atom stereocenters. The summed E-state index contributed by atoms with van der Waals surface area (Å²) in [4.78, 5) is 27.6. The first-order valence-corrected chi connectivity index (χ1v) is 7.73. The minimum Gasteiger partial charge on any atom is -0.481 e. The molecule has 120 valence electrons. The summed E-state index contributed by atoms with van der Waals surface area (Å²) >= 11 is 0. The van der Waals surface area contributed by atoms with Gasteiger partial charge < -0.3 is 20.0 Å². The zero-order valence-electron chi connectivity index (χ0n) is 13.1. The Hall–Kier alpha value is -1.30. The molecule has 2 amide bonds. The number of carboxylic acid groups (broad SMARTS) is 1. The van der Waals surface area contributed by atoms with Gasteiger partial charge in [0.1, 0.15) is 0 Å². The highest BCUT2D eigenvalue weighted by Crippen LogP contribution is 2.38. The lowest BCUT2D eigenvalue weighted by atomic mass is 9.76. The Morgan fingerprint density at radius 3 is 2.38 bits per heavy atom. The van der Waals surface area contributed by atoms with E-state index in [1.807, 2.05) is 20.8 Å². The number of amides is 2. The fraction of sp³-hybridized carbons (Fsp3) is 0.867. The first-order chi connectivity index (χ1) is 9.78. The Labute approximate surface area is 125 Å². The van der Waals surface area contributed by atoms with Crippen molar-refractivity contribution in [2.24, 2.45) is 17.3 Å². The molecule has 2 saturated heterocycles. The second-order valence-electron chi connectivity index (χ2n) is 6.85. The quantitative estimate of drug-likeness (QED) is 0.804.